The molecule has 0 bridgehead atoms. The predicted molar refractivity (Wildman–Crippen MR) is 84.6 cm³/mol. The summed E-state index contributed by atoms with van der Waals surface area (Å²) in [7, 11) is 0. The van der Waals surface area contributed by atoms with Gasteiger partial charge in [-0.2, -0.15) is 0 Å². The summed E-state index contributed by atoms with van der Waals surface area (Å²) in [5, 5.41) is 14.9. The number of benzene rings is 1. The van der Waals surface area contributed by atoms with Crippen LogP contribution in [0.25, 0.3) is 0 Å². The fourth-order valence-electron chi connectivity index (χ4n) is 1.73. The number of anilines is 1. The van der Waals surface area contributed by atoms with Gasteiger partial charge in [0, 0.05) is 16.6 Å². The van der Waals surface area contributed by atoms with Gasteiger partial charge in [0.1, 0.15) is 11.0 Å². The van der Waals surface area contributed by atoms with Crippen LogP contribution in [0.2, 0.25) is 15.2 Å². The molecule has 0 fully saturated rings. The van der Waals surface area contributed by atoms with Crippen LogP contribution in [0.4, 0.5) is 11.5 Å². The van der Waals surface area contributed by atoms with Crippen molar-refractivity contribution in [3.8, 4) is 0 Å². The zero-order chi connectivity index (χ0) is 15.4. The molecule has 0 aliphatic carbocycles. The van der Waals surface area contributed by atoms with Crippen molar-refractivity contribution in [2.24, 2.45) is 0 Å². The highest BCUT2D eigenvalue weighted by Crippen LogP contribution is 2.22. The molecule has 0 aliphatic heterocycles. The van der Waals surface area contributed by atoms with E-state index in [1.54, 1.807) is 12.1 Å². The summed E-state index contributed by atoms with van der Waals surface area (Å²) < 4.78 is 0. The minimum atomic E-state index is -0.519. The molecule has 0 atom stereocenters. The Kier molecular flexibility index (Phi) is 5.22. The summed E-state index contributed by atoms with van der Waals surface area (Å²) in [6.07, 6.45) is 0.623. The van der Waals surface area contributed by atoms with Crippen molar-refractivity contribution in [2.45, 2.75) is 6.42 Å². The Bertz CT molecular complexity index is 680. The number of nitrogens with zero attached hydrogens (tertiary/aromatic N) is 2. The maximum absolute atomic E-state index is 10.7. The van der Waals surface area contributed by atoms with E-state index in [9.17, 15) is 10.1 Å². The highest BCUT2D eigenvalue weighted by molar-refractivity contribution is 6.35. The van der Waals surface area contributed by atoms with Gasteiger partial charge in [0.15, 0.2) is 0 Å². The SMILES string of the molecule is O=[N+]([O-])c1cc(Cl)nc(NCCc2ccc(Cl)cc2Cl)c1. The van der Waals surface area contributed by atoms with Gasteiger partial charge in [-0.3, -0.25) is 10.1 Å². The summed E-state index contributed by atoms with van der Waals surface area (Å²) in [4.78, 5) is 14.2. The van der Waals surface area contributed by atoms with Gasteiger partial charge >= 0.3 is 0 Å². The summed E-state index contributed by atoms with van der Waals surface area (Å²) >= 11 is 17.6. The first-order valence-electron chi connectivity index (χ1n) is 5.95. The Morgan fingerprint density at radius 2 is 1.95 bits per heavy atom. The summed E-state index contributed by atoms with van der Waals surface area (Å²) in [5.74, 6) is 0.347. The number of hydrogen-bond donors (Lipinski definition) is 1. The van der Waals surface area contributed by atoms with E-state index in [0.29, 0.717) is 28.8 Å². The smallest absolute Gasteiger partial charge is 0.276 e. The second kappa shape index (κ2) is 6.93. The maximum atomic E-state index is 10.7. The van der Waals surface area contributed by atoms with E-state index in [4.69, 9.17) is 34.8 Å². The summed E-state index contributed by atoms with van der Waals surface area (Å²) in [5.41, 5.74) is 0.812. The van der Waals surface area contributed by atoms with Gasteiger partial charge in [0.2, 0.25) is 0 Å². The second-order valence-electron chi connectivity index (χ2n) is 4.20. The first-order valence-corrected chi connectivity index (χ1v) is 7.09. The van der Waals surface area contributed by atoms with Crippen LogP contribution >= 0.6 is 34.8 Å². The Labute approximate surface area is 136 Å². The van der Waals surface area contributed by atoms with E-state index in [-0.39, 0.29) is 10.8 Å². The molecule has 1 aromatic heterocycles. The maximum Gasteiger partial charge on any atom is 0.276 e. The molecular formula is C13H10Cl3N3O2. The van der Waals surface area contributed by atoms with Crippen LogP contribution in [-0.2, 0) is 6.42 Å². The van der Waals surface area contributed by atoms with E-state index >= 15 is 0 Å². The highest BCUT2D eigenvalue weighted by atomic mass is 35.5. The number of hydrogen-bond acceptors (Lipinski definition) is 4. The van der Waals surface area contributed by atoms with Crippen LogP contribution in [0.5, 0.6) is 0 Å². The minimum Gasteiger partial charge on any atom is -0.369 e. The fourth-order valence-corrected chi connectivity index (χ4v) is 2.43. The summed E-state index contributed by atoms with van der Waals surface area (Å²) in [6, 6.07) is 7.78. The number of halogens is 3. The van der Waals surface area contributed by atoms with Crippen LogP contribution in [0, 0.1) is 10.1 Å². The zero-order valence-corrected chi connectivity index (χ0v) is 12.9. The highest BCUT2D eigenvalue weighted by Gasteiger charge is 2.10. The fraction of sp³-hybridized carbons (Fsp3) is 0.154. The molecule has 0 spiro atoms. The quantitative estimate of drug-likeness (QED) is 0.488. The lowest BCUT2D eigenvalue weighted by Crippen LogP contribution is -2.07. The average molecular weight is 347 g/mol. The summed E-state index contributed by atoms with van der Waals surface area (Å²) in [6.45, 7) is 0.506. The Morgan fingerprint density at radius 3 is 2.62 bits per heavy atom. The van der Waals surface area contributed by atoms with Crippen LogP contribution in [0.1, 0.15) is 5.56 Å². The van der Waals surface area contributed by atoms with Gasteiger partial charge < -0.3 is 5.32 Å². The van der Waals surface area contributed by atoms with Crippen molar-refractivity contribution in [3.63, 3.8) is 0 Å². The molecule has 8 heteroatoms. The van der Waals surface area contributed by atoms with E-state index in [2.05, 4.69) is 10.3 Å². The molecule has 0 aliphatic rings. The van der Waals surface area contributed by atoms with Crippen LogP contribution in [0.3, 0.4) is 0 Å². The van der Waals surface area contributed by atoms with Gasteiger partial charge in [-0.05, 0) is 24.1 Å². The first-order chi connectivity index (χ1) is 9.95. The molecule has 0 radical (unpaired) electrons. The van der Waals surface area contributed by atoms with Crippen molar-refractivity contribution in [3.05, 3.63) is 61.2 Å². The number of nitrogens with one attached hydrogen (secondary N) is 1. The average Bonchev–Trinajstić information content (AvgIpc) is 2.40. The molecule has 1 heterocycles. The molecule has 1 N–H and O–H groups in total. The molecule has 0 saturated carbocycles. The van der Waals surface area contributed by atoms with Crippen LogP contribution < -0.4 is 5.32 Å². The van der Waals surface area contributed by atoms with Crippen LogP contribution in [0.15, 0.2) is 30.3 Å². The Balaban J connectivity index is 2.01. The largest absolute Gasteiger partial charge is 0.369 e. The van der Waals surface area contributed by atoms with E-state index < -0.39 is 4.92 Å². The van der Waals surface area contributed by atoms with Crippen molar-refractivity contribution < 1.29 is 4.92 Å². The Morgan fingerprint density at radius 1 is 1.19 bits per heavy atom. The van der Waals surface area contributed by atoms with Gasteiger partial charge in [-0.25, -0.2) is 4.98 Å². The minimum absolute atomic E-state index is 0.0659. The lowest BCUT2D eigenvalue weighted by molar-refractivity contribution is -0.384. The second-order valence-corrected chi connectivity index (χ2v) is 5.43. The first kappa shape index (κ1) is 15.8. The Hall–Kier alpha value is -1.56. The van der Waals surface area contributed by atoms with Gasteiger partial charge in [0.25, 0.3) is 5.69 Å². The molecule has 2 aromatic rings. The molecule has 5 nitrogen and oxygen atoms in total. The third kappa shape index (κ3) is 4.46. The number of aromatic nitrogens is 1. The number of pyridine rings is 1. The van der Waals surface area contributed by atoms with Crippen molar-refractivity contribution in [1.82, 2.24) is 4.98 Å². The van der Waals surface area contributed by atoms with Gasteiger partial charge in [0.05, 0.1) is 17.1 Å². The number of rotatable bonds is 5. The third-order valence-electron chi connectivity index (χ3n) is 2.71. The topological polar surface area (TPSA) is 68.1 Å². The molecule has 0 amide bonds. The monoisotopic (exact) mass is 345 g/mol. The van der Waals surface area contributed by atoms with Gasteiger partial charge in [-0.1, -0.05) is 40.9 Å². The molecule has 110 valence electrons. The molecule has 1 aromatic carbocycles. The zero-order valence-electron chi connectivity index (χ0n) is 10.6. The van der Waals surface area contributed by atoms with Crippen molar-refractivity contribution >= 4 is 46.3 Å². The molecular weight excluding hydrogens is 337 g/mol. The number of nitro groups is 1. The van der Waals surface area contributed by atoms with Crippen LogP contribution in [-0.4, -0.2) is 16.5 Å². The molecule has 0 saturated heterocycles. The lowest BCUT2D eigenvalue weighted by atomic mass is 10.1. The molecule has 2 rings (SSSR count). The molecule has 21 heavy (non-hydrogen) atoms. The van der Waals surface area contributed by atoms with E-state index in [1.807, 2.05) is 6.07 Å². The standard InChI is InChI=1S/C13H10Cl3N3O2/c14-9-2-1-8(11(15)5-9)3-4-17-13-7-10(19(20)21)6-12(16)18-13/h1-2,5-7H,3-4H2,(H,17,18). The van der Waals surface area contributed by atoms with Gasteiger partial charge in [-0.15, -0.1) is 0 Å². The predicted octanol–water partition coefficient (Wildman–Crippen LogP) is 4.60. The van der Waals surface area contributed by atoms with E-state index in [1.165, 1.54) is 12.1 Å². The van der Waals surface area contributed by atoms with E-state index in [0.717, 1.165) is 5.56 Å². The normalized spacial score (nSPS) is 10.4. The lowest BCUT2D eigenvalue weighted by Gasteiger charge is -2.07. The van der Waals surface area contributed by atoms with Crippen molar-refractivity contribution in [2.75, 3.05) is 11.9 Å². The third-order valence-corrected chi connectivity index (χ3v) is 3.49. The van der Waals surface area contributed by atoms with Crippen molar-refractivity contribution in [1.29, 1.82) is 0 Å². The molecule has 0 unspecified atom stereocenters.